The average Bonchev–Trinajstić information content (AvgIpc) is 2.96. The summed E-state index contributed by atoms with van der Waals surface area (Å²) in [5.74, 6) is 0. The molecule has 3 heterocycles. The van der Waals surface area contributed by atoms with E-state index >= 15 is 0 Å². The Balaban J connectivity index is 1.53. The molecule has 9 heteroatoms. The predicted molar refractivity (Wildman–Crippen MR) is 135 cm³/mol. The lowest BCUT2D eigenvalue weighted by Gasteiger charge is -2.46. The Morgan fingerprint density at radius 1 is 1.30 bits per heavy atom. The number of anilines is 1. The van der Waals surface area contributed by atoms with Crippen molar-refractivity contribution in [3.05, 3.63) is 28.7 Å². The van der Waals surface area contributed by atoms with E-state index in [1.807, 2.05) is 18.2 Å². The summed E-state index contributed by atoms with van der Waals surface area (Å²) in [5, 5.41) is 20.8. The van der Waals surface area contributed by atoms with E-state index in [4.69, 9.17) is 11.6 Å². The van der Waals surface area contributed by atoms with Crippen LogP contribution in [0.4, 0.5) is 5.69 Å². The number of hydrogen-bond donors (Lipinski definition) is 4. The molecule has 2 aromatic rings. The Kier molecular flexibility index (Phi) is 6.86. The zero-order valence-electron chi connectivity index (χ0n) is 20.5. The van der Waals surface area contributed by atoms with Gasteiger partial charge in [0.1, 0.15) is 6.29 Å². The Bertz CT molecular complexity index is 1040. The van der Waals surface area contributed by atoms with E-state index in [0.29, 0.717) is 24.9 Å². The van der Waals surface area contributed by atoms with Crippen molar-refractivity contribution in [2.24, 2.45) is 12.5 Å². The highest BCUT2D eigenvalue weighted by molar-refractivity contribution is 6.21. The van der Waals surface area contributed by atoms with Crippen LogP contribution in [0.3, 0.4) is 0 Å². The van der Waals surface area contributed by atoms with Crippen molar-refractivity contribution in [2.45, 2.75) is 76.9 Å². The molecule has 0 amide bonds. The largest absolute Gasteiger partial charge is 0.390 e. The fourth-order valence-electron chi connectivity index (χ4n) is 5.01. The number of fused-ring (bicyclic) bond motifs is 1. The zero-order valence-corrected chi connectivity index (χ0v) is 21.2. The monoisotopic (exact) mass is 478 g/mol. The number of rotatable bonds is 6. The summed E-state index contributed by atoms with van der Waals surface area (Å²) in [5.41, 5.74) is 2.04. The summed E-state index contributed by atoms with van der Waals surface area (Å²) in [4.78, 5) is 15.3. The Labute approximate surface area is 201 Å². The number of halogens is 1. The van der Waals surface area contributed by atoms with E-state index in [2.05, 4.69) is 34.7 Å². The summed E-state index contributed by atoms with van der Waals surface area (Å²) >= 11 is 6.68. The highest BCUT2D eigenvalue weighted by Gasteiger charge is 2.35. The molecule has 8 nitrogen and oxygen atoms in total. The molecule has 2 aliphatic rings. The first kappa shape index (κ1) is 24.5. The topological polar surface area (TPSA) is 86.5 Å². The molecule has 1 aromatic carbocycles. The van der Waals surface area contributed by atoms with Crippen molar-refractivity contribution in [1.29, 1.82) is 0 Å². The molecule has 1 aromatic heterocycles. The van der Waals surface area contributed by atoms with Gasteiger partial charge in [0, 0.05) is 38.9 Å². The van der Waals surface area contributed by atoms with Gasteiger partial charge >= 0.3 is 5.69 Å². The summed E-state index contributed by atoms with van der Waals surface area (Å²) in [6.45, 7) is 11.5. The van der Waals surface area contributed by atoms with Crippen LogP contribution in [-0.2, 0) is 13.6 Å². The van der Waals surface area contributed by atoms with E-state index in [-0.39, 0.29) is 23.5 Å². The van der Waals surface area contributed by atoms with Gasteiger partial charge in [0.25, 0.3) is 0 Å². The van der Waals surface area contributed by atoms with Crippen LogP contribution in [0.2, 0.25) is 0 Å². The van der Waals surface area contributed by atoms with E-state index in [1.165, 1.54) is 12.8 Å². The third-order valence-electron chi connectivity index (χ3n) is 6.92. The van der Waals surface area contributed by atoms with Crippen LogP contribution in [0.25, 0.3) is 11.0 Å². The SMILES string of the molecule is Cn1c(=O)n(CCC(C)(C)O)c2cc(NC3NC(N4CCCC(C)(C)C4)NCC3Cl)ccc21. The molecule has 33 heavy (non-hydrogen) atoms. The van der Waals surface area contributed by atoms with Crippen LogP contribution in [0.5, 0.6) is 0 Å². The van der Waals surface area contributed by atoms with Gasteiger partial charge in [0.15, 0.2) is 0 Å². The number of alkyl halides is 1. The molecule has 0 spiro atoms. The van der Waals surface area contributed by atoms with E-state index in [0.717, 1.165) is 29.8 Å². The molecule has 0 saturated carbocycles. The third-order valence-corrected chi connectivity index (χ3v) is 7.32. The van der Waals surface area contributed by atoms with Gasteiger partial charge in [0.2, 0.25) is 0 Å². The minimum atomic E-state index is -0.833. The fraction of sp³-hybridized carbons (Fsp3) is 0.708. The second-order valence-corrected chi connectivity index (χ2v) is 11.7. The van der Waals surface area contributed by atoms with Crippen molar-refractivity contribution in [3.8, 4) is 0 Å². The first-order valence-corrected chi connectivity index (χ1v) is 12.4. The highest BCUT2D eigenvalue weighted by atomic mass is 35.5. The normalized spacial score (nSPS) is 26.6. The molecular formula is C24H39ClN6O2. The van der Waals surface area contributed by atoms with Crippen molar-refractivity contribution in [3.63, 3.8) is 0 Å². The van der Waals surface area contributed by atoms with Crippen LogP contribution in [0.15, 0.2) is 23.0 Å². The molecule has 4 N–H and O–H groups in total. The molecule has 0 aliphatic carbocycles. The maximum absolute atomic E-state index is 12.8. The minimum absolute atomic E-state index is 0.0718. The van der Waals surface area contributed by atoms with Crippen LogP contribution >= 0.6 is 11.6 Å². The highest BCUT2D eigenvalue weighted by Crippen LogP contribution is 2.29. The minimum Gasteiger partial charge on any atom is -0.390 e. The molecule has 4 rings (SSSR count). The van der Waals surface area contributed by atoms with Crippen LogP contribution in [-0.4, -0.2) is 62.2 Å². The van der Waals surface area contributed by atoms with E-state index in [1.54, 1.807) is 30.0 Å². The number of aryl methyl sites for hydroxylation is 2. The molecule has 2 saturated heterocycles. The molecule has 2 fully saturated rings. The Hall–Kier alpha value is -1.58. The lowest BCUT2D eigenvalue weighted by Crippen LogP contribution is -2.69. The maximum Gasteiger partial charge on any atom is 0.328 e. The molecule has 2 aliphatic heterocycles. The summed E-state index contributed by atoms with van der Waals surface area (Å²) in [6.07, 6.45) is 2.91. The molecule has 184 valence electrons. The number of hydrogen-bond acceptors (Lipinski definition) is 6. The van der Waals surface area contributed by atoms with Gasteiger partial charge in [-0.05, 0) is 56.7 Å². The van der Waals surface area contributed by atoms with Crippen LogP contribution < -0.4 is 21.6 Å². The average molecular weight is 479 g/mol. The first-order chi connectivity index (χ1) is 15.4. The third kappa shape index (κ3) is 5.57. The van der Waals surface area contributed by atoms with E-state index in [9.17, 15) is 9.90 Å². The standard InChI is InChI=1S/C24H39ClN6O2/c1-23(2)9-6-11-30(15-23)21-26-14-17(25)20(28-21)27-16-7-8-18-19(13-16)31(22(32)29(18)5)12-10-24(3,4)33/h7-8,13,17,20-21,26-28,33H,6,9-12,14-15H2,1-5H3. The van der Waals surface area contributed by atoms with E-state index < -0.39 is 5.60 Å². The molecule has 3 atom stereocenters. The summed E-state index contributed by atoms with van der Waals surface area (Å²) in [6, 6.07) is 5.97. The number of nitrogens with zero attached hydrogens (tertiary/aromatic N) is 3. The van der Waals surface area contributed by atoms with Crippen molar-refractivity contribution >= 4 is 28.3 Å². The van der Waals surface area contributed by atoms with Crippen molar-refractivity contribution < 1.29 is 5.11 Å². The van der Waals surface area contributed by atoms with Gasteiger partial charge in [-0.15, -0.1) is 11.6 Å². The summed E-state index contributed by atoms with van der Waals surface area (Å²) < 4.78 is 3.40. The summed E-state index contributed by atoms with van der Waals surface area (Å²) in [7, 11) is 1.78. The number of piperidine rings is 1. The van der Waals surface area contributed by atoms with Gasteiger partial charge in [-0.25, -0.2) is 4.79 Å². The number of likely N-dealkylation sites (tertiary alicyclic amines) is 1. The number of benzene rings is 1. The smallest absolute Gasteiger partial charge is 0.328 e. The number of aromatic nitrogens is 2. The first-order valence-electron chi connectivity index (χ1n) is 12.0. The number of nitrogens with one attached hydrogen (secondary N) is 3. The molecule has 3 unspecified atom stereocenters. The molecule has 0 radical (unpaired) electrons. The quantitative estimate of drug-likeness (QED) is 0.477. The Morgan fingerprint density at radius 3 is 2.76 bits per heavy atom. The van der Waals surface area contributed by atoms with Crippen LogP contribution in [0.1, 0.15) is 47.0 Å². The lowest BCUT2D eigenvalue weighted by atomic mass is 9.84. The number of imidazole rings is 1. The maximum atomic E-state index is 12.8. The van der Waals surface area contributed by atoms with Crippen molar-refractivity contribution in [2.75, 3.05) is 25.0 Å². The predicted octanol–water partition coefficient (Wildman–Crippen LogP) is 2.44. The molecular weight excluding hydrogens is 440 g/mol. The zero-order chi connectivity index (χ0) is 24.0. The van der Waals surface area contributed by atoms with Crippen molar-refractivity contribution in [1.82, 2.24) is 24.7 Å². The second-order valence-electron chi connectivity index (χ2n) is 11.1. The van der Waals surface area contributed by atoms with Gasteiger partial charge in [0.05, 0.1) is 28.2 Å². The van der Waals surface area contributed by atoms with Gasteiger partial charge in [-0.2, -0.15) is 0 Å². The van der Waals surface area contributed by atoms with Gasteiger partial charge in [-0.3, -0.25) is 24.7 Å². The molecule has 0 bridgehead atoms. The Morgan fingerprint density at radius 2 is 2.06 bits per heavy atom. The second kappa shape index (κ2) is 9.23. The lowest BCUT2D eigenvalue weighted by molar-refractivity contribution is 0.0331. The van der Waals surface area contributed by atoms with Gasteiger partial charge in [-0.1, -0.05) is 13.8 Å². The fourth-order valence-corrected chi connectivity index (χ4v) is 5.24. The van der Waals surface area contributed by atoms with Crippen LogP contribution in [0, 0.1) is 5.41 Å². The number of aliphatic hydroxyl groups is 1. The van der Waals surface area contributed by atoms with Gasteiger partial charge < -0.3 is 10.4 Å².